The van der Waals surface area contributed by atoms with E-state index in [9.17, 15) is 4.79 Å². The van der Waals surface area contributed by atoms with E-state index >= 15 is 0 Å². The second-order valence-electron chi connectivity index (χ2n) is 12.2. The van der Waals surface area contributed by atoms with E-state index in [1.807, 2.05) is 34.9 Å². The van der Waals surface area contributed by atoms with Crippen LogP contribution in [-0.4, -0.2) is 29.8 Å². The van der Waals surface area contributed by atoms with Crippen LogP contribution < -0.4 is 36.5 Å². The smallest absolute Gasteiger partial charge is 0.262 e. The Morgan fingerprint density at radius 1 is 0.717 bits per heavy atom. The molecule has 8 rings (SSSR count). The normalized spacial score (nSPS) is 17.4. The first kappa shape index (κ1) is 28.5. The highest BCUT2D eigenvalue weighted by molar-refractivity contribution is 8.01. The van der Waals surface area contributed by atoms with Crippen molar-refractivity contribution < 1.29 is 9.15 Å². The van der Waals surface area contributed by atoms with Crippen LogP contribution in [0.25, 0.3) is 11.5 Å². The summed E-state index contributed by atoms with van der Waals surface area (Å²) in [5.41, 5.74) is 3.06. The average Bonchev–Trinajstić information content (AvgIpc) is 3.56. The molecule has 2 aromatic heterocycles. The Morgan fingerprint density at radius 2 is 1.33 bits per heavy atom. The molecule has 0 saturated carbocycles. The van der Waals surface area contributed by atoms with E-state index in [-0.39, 0.29) is 11.5 Å². The molecule has 228 valence electrons. The maximum Gasteiger partial charge on any atom is 0.262 e. The molecule has 1 saturated heterocycles. The summed E-state index contributed by atoms with van der Waals surface area (Å²) in [5, 5.41) is 3.66. The maximum absolute atomic E-state index is 12.8. The Labute approximate surface area is 269 Å². The van der Waals surface area contributed by atoms with Gasteiger partial charge in [0, 0.05) is 42.9 Å². The van der Waals surface area contributed by atoms with Crippen molar-refractivity contribution in [1.82, 2.24) is 9.55 Å². The Bertz CT molecular complexity index is 1930. The van der Waals surface area contributed by atoms with Gasteiger partial charge in [-0.05, 0) is 79.1 Å². The summed E-state index contributed by atoms with van der Waals surface area (Å²) in [6.45, 7) is 2.26. The van der Waals surface area contributed by atoms with Crippen LogP contribution in [0.2, 0.25) is 0 Å². The molecule has 0 spiro atoms. The molecule has 2 aliphatic rings. The monoisotopic (exact) mass is 624 g/mol. The first-order valence-corrected chi connectivity index (χ1v) is 17.6. The number of fused-ring (bicyclic) bond motifs is 4. The lowest BCUT2D eigenvalue weighted by Gasteiger charge is -2.42. The van der Waals surface area contributed by atoms with Gasteiger partial charge < -0.3 is 18.6 Å². The van der Waals surface area contributed by atoms with Crippen molar-refractivity contribution in [3.05, 3.63) is 150 Å². The number of aromatic nitrogens is 2. The van der Waals surface area contributed by atoms with Gasteiger partial charge in [-0.3, -0.25) is 4.79 Å². The third kappa shape index (κ3) is 4.76. The fourth-order valence-corrected chi connectivity index (χ4v) is 11.6. The van der Waals surface area contributed by atoms with E-state index in [4.69, 9.17) is 14.1 Å². The van der Waals surface area contributed by atoms with Crippen molar-refractivity contribution in [3.8, 4) is 17.2 Å². The minimum absolute atomic E-state index is 0.0879. The van der Waals surface area contributed by atoms with Gasteiger partial charge in [0.2, 0.25) is 5.89 Å². The van der Waals surface area contributed by atoms with Gasteiger partial charge in [-0.25, -0.2) is 0 Å². The lowest BCUT2D eigenvalue weighted by Crippen LogP contribution is -2.49. The van der Waals surface area contributed by atoms with Crippen LogP contribution in [0, 0.1) is 5.92 Å². The van der Waals surface area contributed by atoms with Crippen molar-refractivity contribution in [2.75, 3.05) is 25.1 Å². The highest BCUT2D eigenvalue weighted by atomic mass is 31.2. The number of hydrogen-bond acceptors (Lipinski definition) is 5. The van der Waals surface area contributed by atoms with E-state index < -0.39 is 7.26 Å². The van der Waals surface area contributed by atoms with Gasteiger partial charge in [-0.2, -0.15) is 4.98 Å². The minimum atomic E-state index is -2.56. The molecule has 7 heteroatoms. The van der Waals surface area contributed by atoms with Gasteiger partial charge in [0.25, 0.3) is 16.9 Å². The molecule has 4 aromatic carbocycles. The minimum Gasteiger partial charge on any atom is -0.497 e. The number of rotatable bonds is 7. The third-order valence-electron chi connectivity index (χ3n) is 9.44. The van der Waals surface area contributed by atoms with Crippen LogP contribution in [0.1, 0.15) is 18.0 Å². The van der Waals surface area contributed by atoms with E-state index in [0.29, 0.717) is 18.4 Å². The zero-order valence-electron chi connectivity index (χ0n) is 25.7. The summed E-state index contributed by atoms with van der Waals surface area (Å²) >= 11 is 0. The number of piperidine rings is 1. The van der Waals surface area contributed by atoms with Crippen LogP contribution in [0.4, 0.5) is 5.88 Å². The first-order chi connectivity index (χ1) is 22.6. The fourth-order valence-electron chi connectivity index (χ4n) is 7.42. The summed E-state index contributed by atoms with van der Waals surface area (Å²) in [4.78, 5) is 20.8. The molecule has 4 heterocycles. The summed E-state index contributed by atoms with van der Waals surface area (Å²) < 4.78 is 14.4. The molecular weight excluding hydrogens is 589 g/mol. The van der Waals surface area contributed by atoms with E-state index in [0.717, 1.165) is 47.8 Å². The van der Waals surface area contributed by atoms with Crippen molar-refractivity contribution in [2.45, 2.75) is 18.9 Å². The second kappa shape index (κ2) is 11.8. The quantitative estimate of drug-likeness (QED) is 0.212. The topological polar surface area (TPSA) is 60.5 Å². The Kier molecular flexibility index (Phi) is 7.31. The Hall–Kier alpha value is -4.93. The van der Waals surface area contributed by atoms with E-state index in [1.165, 1.54) is 15.9 Å². The molecule has 2 bridgehead atoms. The third-order valence-corrected chi connectivity index (χ3v) is 13.6. The van der Waals surface area contributed by atoms with Crippen molar-refractivity contribution in [2.24, 2.45) is 5.92 Å². The van der Waals surface area contributed by atoms with Gasteiger partial charge >= 0.3 is 0 Å². The zero-order valence-corrected chi connectivity index (χ0v) is 26.6. The molecule has 46 heavy (non-hydrogen) atoms. The molecule has 6 aromatic rings. The number of methoxy groups -OCH3 is 1. The summed E-state index contributed by atoms with van der Waals surface area (Å²) in [5.74, 6) is 2.74. The van der Waals surface area contributed by atoms with Gasteiger partial charge in [0.15, 0.2) is 7.26 Å². The molecule has 0 N–H and O–H groups in total. The number of hydrogen-bond donors (Lipinski definition) is 0. The number of oxazole rings is 1. The van der Waals surface area contributed by atoms with Crippen LogP contribution >= 0.6 is 7.26 Å². The molecule has 0 aliphatic carbocycles. The van der Waals surface area contributed by atoms with Crippen molar-refractivity contribution in [1.29, 1.82) is 0 Å². The second-order valence-corrected chi connectivity index (χ2v) is 15.5. The number of pyridine rings is 1. The Morgan fingerprint density at radius 3 is 1.91 bits per heavy atom. The number of nitrogens with zero attached hydrogens (tertiary/aromatic N) is 3. The van der Waals surface area contributed by atoms with Crippen molar-refractivity contribution >= 4 is 34.5 Å². The van der Waals surface area contributed by atoms with Crippen LogP contribution in [0.5, 0.6) is 5.75 Å². The van der Waals surface area contributed by atoms with E-state index in [1.54, 1.807) is 13.2 Å². The lowest BCUT2D eigenvalue weighted by molar-refractivity contribution is 0.275. The highest BCUT2D eigenvalue weighted by Crippen LogP contribution is 2.56. The van der Waals surface area contributed by atoms with Gasteiger partial charge in [0.05, 0.1) is 7.11 Å². The summed E-state index contributed by atoms with van der Waals surface area (Å²) in [6.07, 6.45) is 1.06. The lowest BCUT2D eigenvalue weighted by atomic mass is 9.83. The van der Waals surface area contributed by atoms with E-state index in [2.05, 4.69) is 102 Å². The van der Waals surface area contributed by atoms with Gasteiger partial charge in [-0.15, -0.1) is 0 Å². The number of anilines is 1. The first-order valence-electron chi connectivity index (χ1n) is 15.8. The maximum atomic E-state index is 12.8. The van der Waals surface area contributed by atoms with Crippen LogP contribution in [0.3, 0.4) is 0 Å². The summed E-state index contributed by atoms with van der Waals surface area (Å²) in [6, 6.07) is 46.1. The van der Waals surface area contributed by atoms with Crippen molar-refractivity contribution in [3.63, 3.8) is 0 Å². The SMILES string of the molecule is COc1ccc(-c2nc([P+](c3ccccc3)(c3ccccc3)c3ccccc3)c(N3C[C@@H]4C[C@@H](C3)c3cccc(=O)n3C4)o2)cc1. The molecule has 6 nitrogen and oxygen atoms in total. The average molecular weight is 625 g/mol. The van der Waals surface area contributed by atoms with Crippen LogP contribution in [-0.2, 0) is 6.54 Å². The largest absolute Gasteiger partial charge is 0.497 e. The number of benzene rings is 4. The number of ether oxygens (including phenoxy) is 1. The molecule has 0 radical (unpaired) electrons. The molecule has 1 fully saturated rings. The predicted molar refractivity (Wildman–Crippen MR) is 187 cm³/mol. The molecule has 0 unspecified atom stereocenters. The highest BCUT2D eigenvalue weighted by Gasteiger charge is 2.54. The summed E-state index contributed by atoms with van der Waals surface area (Å²) in [7, 11) is -0.880. The predicted octanol–water partition coefficient (Wildman–Crippen LogP) is 5.76. The standard InChI is InChI=1S/C39H35N3O3P/c1-44-31-22-20-29(21-23-31)37-40-38(39(45-37)41-25-28-24-30(27-41)35-18-11-19-36(43)42(35)26-28)46(32-12-5-2-6-13-32,33-14-7-3-8-15-33)34-16-9-4-10-17-34/h2-23,28,30H,24-27H2,1H3/q+1/t28-,30-/m0/s1. The molecule has 2 aliphatic heterocycles. The molecular formula is C39H35N3O3P+. The molecule has 2 atom stereocenters. The van der Waals surface area contributed by atoms with Crippen LogP contribution in [0.15, 0.2) is 143 Å². The fraction of sp³-hybridized carbons (Fsp3) is 0.179. The zero-order chi connectivity index (χ0) is 31.1. The van der Waals surface area contributed by atoms with Gasteiger partial charge in [-0.1, -0.05) is 60.7 Å². The van der Waals surface area contributed by atoms with Gasteiger partial charge in [0.1, 0.15) is 21.7 Å². The Balaban J connectivity index is 1.39. The molecule has 0 amide bonds.